The Morgan fingerprint density at radius 1 is 1.31 bits per heavy atom. The molecule has 5 nitrogen and oxygen atoms in total. The van der Waals surface area contributed by atoms with Gasteiger partial charge in [0.05, 0.1) is 11.6 Å². The van der Waals surface area contributed by atoms with Crippen molar-refractivity contribution in [3.8, 4) is 0 Å². The van der Waals surface area contributed by atoms with Crippen LogP contribution in [0.1, 0.15) is 17.5 Å². The van der Waals surface area contributed by atoms with Crippen LogP contribution in [0.25, 0.3) is 10.9 Å². The summed E-state index contributed by atoms with van der Waals surface area (Å²) >= 11 is 3.19. The maximum atomic E-state index is 14.0. The second kappa shape index (κ2) is 7.99. The summed E-state index contributed by atoms with van der Waals surface area (Å²) in [5.74, 6) is -1.36. The highest BCUT2D eigenvalue weighted by Crippen LogP contribution is 2.25. The first-order valence-corrected chi connectivity index (χ1v) is 10.3. The van der Waals surface area contributed by atoms with Crippen molar-refractivity contribution in [1.82, 2.24) is 9.88 Å². The minimum atomic E-state index is -0.511. The summed E-state index contributed by atoms with van der Waals surface area (Å²) < 4.78 is 14.6. The van der Waals surface area contributed by atoms with Crippen LogP contribution in [0.2, 0.25) is 0 Å². The molecule has 7 heteroatoms. The van der Waals surface area contributed by atoms with E-state index in [1.807, 2.05) is 6.20 Å². The van der Waals surface area contributed by atoms with E-state index in [1.54, 1.807) is 11.0 Å². The fraction of sp³-hybridized carbons (Fsp3) is 0.273. The Hall–Kier alpha value is -2.67. The number of nitrogens with one attached hydrogen (secondary N) is 2. The first-order chi connectivity index (χ1) is 13.9. The van der Waals surface area contributed by atoms with E-state index in [0.717, 1.165) is 16.5 Å². The van der Waals surface area contributed by atoms with Gasteiger partial charge in [0.25, 0.3) is 0 Å². The van der Waals surface area contributed by atoms with Gasteiger partial charge in [-0.25, -0.2) is 4.39 Å². The van der Waals surface area contributed by atoms with Crippen LogP contribution in [0.3, 0.4) is 0 Å². The van der Waals surface area contributed by atoms with Gasteiger partial charge >= 0.3 is 0 Å². The molecule has 150 valence electrons. The molecule has 1 fully saturated rings. The normalized spacial score (nSPS) is 16.6. The zero-order chi connectivity index (χ0) is 20.5. The molecule has 1 aliphatic rings. The zero-order valence-corrected chi connectivity index (χ0v) is 17.6. The molecule has 0 radical (unpaired) electrons. The highest BCUT2D eigenvalue weighted by atomic mass is 79.9. The average Bonchev–Trinajstić information content (AvgIpc) is 3.25. The van der Waals surface area contributed by atoms with Crippen molar-refractivity contribution in [2.45, 2.75) is 19.8 Å². The number of halogens is 2. The Balaban J connectivity index is 1.38. The molecule has 1 saturated heterocycles. The molecule has 2 aromatic carbocycles. The smallest absolute Gasteiger partial charge is 0.229 e. The highest BCUT2D eigenvalue weighted by molar-refractivity contribution is 9.10. The lowest BCUT2D eigenvalue weighted by atomic mass is 10.1. The molecule has 2 N–H and O–H groups in total. The van der Waals surface area contributed by atoms with Crippen molar-refractivity contribution >= 4 is 44.3 Å². The van der Waals surface area contributed by atoms with E-state index in [1.165, 1.54) is 17.7 Å². The Morgan fingerprint density at radius 3 is 2.93 bits per heavy atom. The lowest BCUT2D eigenvalue weighted by Gasteiger charge is -2.16. The third-order valence-electron chi connectivity index (χ3n) is 5.35. The number of rotatable bonds is 5. The fourth-order valence-electron chi connectivity index (χ4n) is 3.74. The van der Waals surface area contributed by atoms with E-state index >= 15 is 0 Å². The van der Waals surface area contributed by atoms with E-state index < -0.39 is 11.7 Å². The number of hydrogen-bond donors (Lipinski definition) is 2. The third kappa shape index (κ3) is 4.19. The molecular weight excluding hydrogens is 437 g/mol. The minimum absolute atomic E-state index is 0.0440. The van der Waals surface area contributed by atoms with Crippen LogP contribution in [0.15, 0.2) is 47.1 Å². The summed E-state index contributed by atoms with van der Waals surface area (Å²) in [6.45, 7) is 2.96. The first kappa shape index (κ1) is 19.6. The van der Waals surface area contributed by atoms with Crippen molar-refractivity contribution in [2.24, 2.45) is 5.92 Å². The van der Waals surface area contributed by atoms with Crippen LogP contribution in [0, 0.1) is 18.7 Å². The number of carbonyl (C=O) groups is 2. The summed E-state index contributed by atoms with van der Waals surface area (Å²) in [4.78, 5) is 29.9. The molecule has 0 unspecified atom stereocenters. The zero-order valence-electron chi connectivity index (χ0n) is 16.0. The number of benzene rings is 2. The van der Waals surface area contributed by atoms with E-state index in [4.69, 9.17) is 0 Å². The molecule has 1 aromatic heterocycles. The molecule has 4 rings (SSSR count). The topological polar surface area (TPSA) is 65.2 Å². The van der Waals surface area contributed by atoms with E-state index in [-0.39, 0.29) is 23.9 Å². The number of hydrogen-bond acceptors (Lipinski definition) is 2. The predicted molar refractivity (Wildman–Crippen MR) is 114 cm³/mol. The second-order valence-electron chi connectivity index (χ2n) is 7.47. The van der Waals surface area contributed by atoms with Crippen LogP contribution >= 0.6 is 15.9 Å². The molecule has 0 spiro atoms. The largest absolute Gasteiger partial charge is 0.361 e. The quantitative estimate of drug-likeness (QED) is 0.595. The number of anilines is 1. The Morgan fingerprint density at radius 2 is 2.14 bits per heavy atom. The van der Waals surface area contributed by atoms with Gasteiger partial charge in [0.15, 0.2) is 0 Å². The summed E-state index contributed by atoms with van der Waals surface area (Å²) in [6, 6.07) is 10.7. The number of amides is 2. The van der Waals surface area contributed by atoms with Crippen molar-refractivity contribution in [3.05, 3.63) is 64.0 Å². The fourth-order valence-corrected chi connectivity index (χ4v) is 4.08. The SMILES string of the molecule is Cc1ccc2[nH]cc(CCN3C[C@H](C(=O)Nc4ccc(Br)cc4F)CC3=O)c2c1. The van der Waals surface area contributed by atoms with Crippen LogP contribution in [-0.2, 0) is 16.0 Å². The van der Waals surface area contributed by atoms with Gasteiger partial charge in [-0.15, -0.1) is 0 Å². The van der Waals surface area contributed by atoms with Gasteiger partial charge in [0, 0.05) is 41.1 Å². The highest BCUT2D eigenvalue weighted by Gasteiger charge is 2.34. The van der Waals surface area contributed by atoms with Gasteiger partial charge in [-0.3, -0.25) is 9.59 Å². The van der Waals surface area contributed by atoms with E-state index in [2.05, 4.69) is 51.4 Å². The Kier molecular flexibility index (Phi) is 5.41. The van der Waals surface area contributed by atoms with Gasteiger partial charge in [-0.2, -0.15) is 0 Å². The lowest BCUT2D eigenvalue weighted by molar-refractivity contribution is -0.128. The predicted octanol–water partition coefficient (Wildman–Crippen LogP) is 4.41. The average molecular weight is 458 g/mol. The van der Waals surface area contributed by atoms with Gasteiger partial charge in [-0.05, 0) is 49.2 Å². The molecule has 2 amide bonds. The first-order valence-electron chi connectivity index (χ1n) is 9.51. The monoisotopic (exact) mass is 457 g/mol. The van der Waals surface area contributed by atoms with Crippen LogP contribution in [0.4, 0.5) is 10.1 Å². The van der Waals surface area contributed by atoms with Gasteiger partial charge in [-0.1, -0.05) is 27.6 Å². The summed E-state index contributed by atoms with van der Waals surface area (Å²) in [5.41, 5.74) is 3.54. The van der Waals surface area contributed by atoms with E-state index in [9.17, 15) is 14.0 Å². The number of H-pyrrole nitrogens is 1. The number of carbonyl (C=O) groups excluding carboxylic acids is 2. The number of fused-ring (bicyclic) bond motifs is 1. The van der Waals surface area contributed by atoms with Crippen molar-refractivity contribution in [2.75, 3.05) is 18.4 Å². The van der Waals surface area contributed by atoms with Gasteiger partial charge in [0.1, 0.15) is 5.82 Å². The molecular formula is C22H21BrFN3O2. The molecule has 1 atom stereocenters. The standard InChI is InChI=1S/C22H21BrFN3O2/c1-13-2-4-19-17(8-13)14(11-25-19)6-7-27-12-15(9-21(27)28)22(29)26-20-5-3-16(23)10-18(20)24/h2-5,8,10-11,15,25H,6-7,9,12H2,1H3,(H,26,29)/t15-/m1/s1. The van der Waals surface area contributed by atoms with Crippen molar-refractivity contribution < 1.29 is 14.0 Å². The summed E-state index contributed by atoms with van der Waals surface area (Å²) in [7, 11) is 0. The van der Waals surface area contributed by atoms with Crippen molar-refractivity contribution in [1.29, 1.82) is 0 Å². The van der Waals surface area contributed by atoms with Crippen LogP contribution < -0.4 is 5.32 Å². The lowest BCUT2D eigenvalue weighted by Crippen LogP contribution is -2.30. The third-order valence-corrected chi connectivity index (χ3v) is 5.84. The van der Waals surface area contributed by atoms with Gasteiger partial charge < -0.3 is 15.2 Å². The maximum Gasteiger partial charge on any atom is 0.229 e. The number of aryl methyl sites for hydroxylation is 1. The molecule has 0 bridgehead atoms. The Bertz CT molecular complexity index is 1090. The van der Waals surface area contributed by atoms with E-state index in [0.29, 0.717) is 24.0 Å². The molecule has 1 aliphatic heterocycles. The number of aromatic nitrogens is 1. The molecule has 29 heavy (non-hydrogen) atoms. The molecule has 0 saturated carbocycles. The maximum absolute atomic E-state index is 14.0. The molecule has 3 aromatic rings. The number of aromatic amines is 1. The summed E-state index contributed by atoms with van der Waals surface area (Å²) in [6.07, 6.45) is 2.84. The Labute approximate surface area is 176 Å². The molecule has 0 aliphatic carbocycles. The number of likely N-dealkylation sites (tertiary alicyclic amines) is 1. The minimum Gasteiger partial charge on any atom is -0.361 e. The van der Waals surface area contributed by atoms with Gasteiger partial charge in [0.2, 0.25) is 11.8 Å². The van der Waals surface area contributed by atoms with Crippen LogP contribution in [0.5, 0.6) is 0 Å². The molecule has 2 heterocycles. The van der Waals surface area contributed by atoms with Crippen LogP contribution in [-0.4, -0.2) is 34.8 Å². The van der Waals surface area contributed by atoms with Crippen molar-refractivity contribution in [3.63, 3.8) is 0 Å². The summed E-state index contributed by atoms with van der Waals surface area (Å²) in [5, 5.41) is 3.77. The second-order valence-corrected chi connectivity index (χ2v) is 8.38. The number of nitrogens with zero attached hydrogens (tertiary/aromatic N) is 1.